The Labute approximate surface area is 132 Å². The van der Waals surface area contributed by atoms with Gasteiger partial charge in [-0.05, 0) is 55.5 Å². The summed E-state index contributed by atoms with van der Waals surface area (Å²) in [6, 6.07) is 18.0. The molecule has 0 aliphatic rings. The first-order valence-corrected chi connectivity index (χ1v) is 7.89. The van der Waals surface area contributed by atoms with Crippen LogP contribution in [0.4, 0.5) is 0 Å². The Kier molecular flexibility index (Phi) is 7.33. The second kappa shape index (κ2) is 9.85. The van der Waals surface area contributed by atoms with E-state index < -0.39 is 0 Å². The molecule has 2 rings (SSSR count). The van der Waals surface area contributed by atoms with Crippen molar-refractivity contribution in [2.45, 2.75) is 25.7 Å². The van der Waals surface area contributed by atoms with Crippen LogP contribution in [0.3, 0.4) is 0 Å². The second-order valence-corrected chi connectivity index (χ2v) is 5.19. The Hall–Kier alpha value is -2.00. The van der Waals surface area contributed by atoms with Crippen LogP contribution in [0.15, 0.2) is 54.6 Å². The third kappa shape index (κ3) is 6.19. The molecule has 0 unspecified atom stereocenters. The topological polar surface area (TPSA) is 38.7 Å². The van der Waals surface area contributed by atoms with Gasteiger partial charge in [-0.2, -0.15) is 0 Å². The molecule has 0 spiro atoms. The van der Waals surface area contributed by atoms with E-state index in [1.807, 2.05) is 42.5 Å². The molecule has 0 heterocycles. The fourth-order valence-electron chi connectivity index (χ4n) is 2.17. The van der Waals surface area contributed by atoms with Crippen molar-refractivity contribution in [3.63, 3.8) is 0 Å². The monoisotopic (exact) mass is 300 g/mol. The summed E-state index contributed by atoms with van der Waals surface area (Å²) in [5.41, 5.74) is 1.21. The van der Waals surface area contributed by atoms with Crippen molar-refractivity contribution in [1.82, 2.24) is 0 Å². The summed E-state index contributed by atoms with van der Waals surface area (Å²) in [6.07, 6.45) is 3.62. The zero-order valence-electron chi connectivity index (χ0n) is 12.9. The van der Waals surface area contributed by atoms with Gasteiger partial charge in [-0.3, -0.25) is 0 Å². The molecule has 3 heteroatoms. The van der Waals surface area contributed by atoms with Crippen molar-refractivity contribution in [3.05, 3.63) is 60.2 Å². The molecule has 0 fully saturated rings. The minimum absolute atomic E-state index is 0.229. The molecular formula is C19H24O3. The first kappa shape index (κ1) is 16.4. The first-order chi connectivity index (χ1) is 10.9. The first-order valence-electron chi connectivity index (χ1n) is 7.89. The number of aliphatic hydroxyl groups is 1. The maximum atomic E-state index is 8.86. The number of aryl methyl sites for hydroxylation is 1. The molecule has 2 aromatic carbocycles. The van der Waals surface area contributed by atoms with E-state index in [4.69, 9.17) is 14.6 Å². The Morgan fingerprint density at radius 3 is 2.14 bits per heavy atom. The molecule has 0 aliphatic carbocycles. The molecule has 0 saturated carbocycles. The zero-order chi connectivity index (χ0) is 15.5. The third-order valence-corrected chi connectivity index (χ3v) is 3.34. The molecule has 0 radical (unpaired) electrons. The number of benzene rings is 2. The lowest BCUT2D eigenvalue weighted by molar-refractivity contribution is 0.266. The van der Waals surface area contributed by atoms with Gasteiger partial charge in [0, 0.05) is 6.61 Å². The van der Waals surface area contributed by atoms with Crippen molar-refractivity contribution in [1.29, 1.82) is 0 Å². The molecule has 0 aromatic heterocycles. The lowest BCUT2D eigenvalue weighted by Crippen LogP contribution is -2.02. The fourth-order valence-corrected chi connectivity index (χ4v) is 2.17. The van der Waals surface area contributed by atoms with Gasteiger partial charge in [-0.1, -0.05) is 30.3 Å². The van der Waals surface area contributed by atoms with Crippen LogP contribution in [0.5, 0.6) is 11.5 Å². The van der Waals surface area contributed by atoms with Gasteiger partial charge in [-0.15, -0.1) is 0 Å². The van der Waals surface area contributed by atoms with E-state index in [0.717, 1.165) is 37.2 Å². The van der Waals surface area contributed by atoms with E-state index in [2.05, 4.69) is 12.1 Å². The Balaban J connectivity index is 1.60. The summed E-state index contributed by atoms with van der Waals surface area (Å²) < 4.78 is 11.4. The normalized spacial score (nSPS) is 10.4. The third-order valence-electron chi connectivity index (χ3n) is 3.34. The predicted molar refractivity (Wildman–Crippen MR) is 88.5 cm³/mol. The van der Waals surface area contributed by atoms with Crippen LogP contribution < -0.4 is 9.47 Å². The van der Waals surface area contributed by atoms with E-state index in [1.165, 1.54) is 5.56 Å². The van der Waals surface area contributed by atoms with E-state index in [0.29, 0.717) is 13.2 Å². The smallest absolute Gasteiger partial charge is 0.119 e. The number of rotatable bonds is 10. The quantitative estimate of drug-likeness (QED) is 0.677. The van der Waals surface area contributed by atoms with Crippen LogP contribution in [0.1, 0.15) is 24.8 Å². The zero-order valence-corrected chi connectivity index (χ0v) is 12.9. The van der Waals surface area contributed by atoms with Crippen molar-refractivity contribution >= 4 is 0 Å². The highest BCUT2D eigenvalue weighted by atomic mass is 16.5. The summed E-state index contributed by atoms with van der Waals surface area (Å²) in [5.74, 6) is 1.82. The van der Waals surface area contributed by atoms with Gasteiger partial charge in [0.25, 0.3) is 0 Å². The summed E-state index contributed by atoms with van der Waals surface area (Å²) in [6.45, 7) is 1.64. The molecular weight excluding hydrogens is 276 g/mol. The lowest BCUT2D eigenvalue weighted by Gasteiger charge is -2.09. The standard InChI is InChI=1S/C19H24O3/c20-13-7-9-17-8-6-12-19(16-17)22-15-5-4-14-21-18-10-2-1-3-11-18/h1-3,6,8,10-12,16,20H,4-5,7,9,13-15H2. The van der Waals surface area contributed by atoms with Crippen molar-refractivity contribution in [2.24, 2.45) is 0 Å². The SMILES string of the molecule is OCCCc1cccc(OCCCCOc2ccccc2)c1. The Bertz CT molecular complexity index is 525. The van der Waals surface area contributed by atoms with E-state index in [1.54, 1.807) is 0 Å². The second-order valence-electron chi connectivity index (χ2n) is 5.19. The van der Waals surface area contributed by atoms with Crippen LogP contribution in [-0.4, -0.2) is 24.9 Å². The molecule has 1 N–H and O–H groups in total. The van der Waals surface area contributed by atoms with Crippen LogP contribution in [-0.2, 0) is 6.42 Å². The number of hydrogen-bond acceptors (Lipinski definition) is 3. The van der Waals surface area contributed by atoms with Gasteiger partial charge < -0.3 is 14.6 Å². The average molecular weight is 300 g/mol. The van der Waals surface area contributed by atoms with E-state index >= 15 is 0 Å². The lowest BCUT2D eigenvalue weighted by atomic mass is 10.1. The molecule has 0 bridgehead atoms. The van der Waals surface area contributed by atoms with Gasteiger partial charge in [0.1, 0.15) is 11.5 Å². The largest absolute Gasteiger partial charge is 0.494 e. The molecule has 118 valence electrons. The van der Waals surface area contributed by atoms with Gasteiger partial charge in [0.2, 0.25) is 0 Å². The summed E-state index contributed by atoms with van der Waals surface area (Å²) in [7, 11) is 0. The average Bonchev–Trinajstić information content (AvgIpc) is 2.57. The molecule has 0 atom stereocenters. The van der Waals surface area contributed by atoms with Crippen molar-refractivity contribution in [2.75, 3.05) is 19.8 Å². The minimum atomic E-state index is 0.229. The molecule has 0 aliphatic heterocycles. The van der Waals surface area contributed by atoms with Crippen LogP contribution in [0.2, 0.25) is 0 Å². The molecule has 2 aromatic rings. The van der Waals surface area contributed by atoms with Gasteiger partial charge in [-0.25, -0.2) is 0 Å². The number of ether oxygens (including phenoxy) is 2. The summed E-state index contributed by atoms with van der Waals surface area (Å²) in [5, 5.41) is 8.86. The fraction of sp³-hybridized carbons (Fsp3) is 0.368. The number of aliphatic hydroxyl groups excluding tert-OH is 1. The minimum Gasteiger partial charge on any atom is -0.494 e. The maximum Gasteiger partial charge on any atom is 0.119 e. The van der Waals surface area contributed by atoms with Crippen LogP contribution in [0.25, 0.3) is 0 Å². The molecule has 3 nitrogen and oxygen atoms in total. The molecule has 0 saturated heterocycles. The summed E-state index contributed by atoms with van der Waals surface area (Å²) >= 11 is 0. The van der Waals surface area contributed by atoms with Crippen LogP contribution in [0, 0.1) is 0 Å². The Morgan fingerprint density at radius 2 is 1.41 bits per heavy atom. The number of hydrogen-bond donors (Lipinski definition) is 1. The van der Waals surface area contributed by atoms with E-state index in [-0.39, 0.29) is 6.61 Å². The number of para-hydroxylation sites is 1. The molecule has 22 heavy (non-hydrogen) atoms. The van der Waals surface area contributed by atoms with Crippen molar-refractivity contribution < 1.29 is 14.6 Å². The predicted octanol–water partition coefficient (Wildman–Crippen LogP) is 3.85. The van der Waals surface area contributed by atoms with Gasteiger partial charge >= 0.3 is 0 Å². The highest BCUT2D eigenvalue weighted by molar-refractivity contribution is 5.28. The highest BCUT2D eigenvalue weighted by Crippen LogP contribution is 2.15. The maximum absolute atomic E-state index is 8.86. The van der Waals surface area contributed by atoms with Crippen LogP contribution >= 0.6 is 0 Å². The highest BCUT2D eigenvalue weighted by Gasteiger charge is 1.98. The van der Waals surface area contributed by atoms with E-state index in [9.17, 15) is 0 Å². The summed E-state index contributed by atoms with van der Waals surface area (Å²) in [4.78, 5) is 0. The number of unbranched alkanes of at least 4 members (excludes halogenated alkanes) is 1. The van der Waals surface area contributed by atoms with Gasteiger partial charge in [0.15, 0.2) is 0 Å². The van der Waals surface area contributed by atoms with Crippen molar-refractivity contribution in [3.8, 4) is 11.5 Å². The molecule has 0 amide bonds. The Morgan fingerprint density at radius 1 is 0.727 bits per heavy atom. The van der Waals surface area contributed by atoms with Gasteiger partial charge in [0.05, 0.1) is 13.2 Å².